The lowest BCUT2D eigenvalue weighted by molar-refractivity contribution is -0.122. The molecule has 140 valence electrons. The van der Waals surface area contributed by atoms with Crippen molar-refractivity contribution in [3.8, 4) is 11.5 Å². The number of nitrogens with zero attached hydrogens (tertiary/aromatic N) is 3. The molecule has 3 rings (SSSR count). The molecule has 1 saturated heterocycles. The number of hydrogen-bond donors (Lipinski definition) is 1. The van der Waals surface area contributed by atoms with Gasteiger partial charge in [-0.3, -0.25) is 9.48 Å². The summed E-state index contributed by atoms with van der Waals surface area (Å²) in [5, 5.41) is 7.61. The topological polar surface area (TPSA) is 68.6 Å². The summed E-state index contributed by atoms with van der Waals surface area (Å²) < 4.78 is 12.5. The quantitative estimate of drug-likeness (QED) is 0.853. The Balaban J connectivity index is 1.86. The fourth-order valence-corrected chi connectivity index (χ4v) is 3.58. The number of amides is 1. The van der Waals surface area contributed by atoms with Gasteiger partial charge in [-0.05, 0) is 24.6 Å². The van der Waals surface area contributed by atoms with Crippen LogP contribution >= 0.6 is 0 Å². The molecule has 0 unspecified atom stereocenters. The van der Waals surface area contributed by atoms with Crippen molar-refractivity contribution in [3.63, 3.8) is 0 Å². The second-order valence-electron chi connectivity index (χ2n) is 6.44. The van der Waals surface area contributed by atoms with Gasteiger partial charge in [-0.15, -0.1) is 0 Å². The van der Waals surface area contributed by atoms with E-state index in [1.54, 1.807) is 18.9 Å². The van der Waals surface area contributed by atoms with Crippen LogP contribution in [0.25, 0.3) is 0 Å². The molecule has 1 aliphatic rings. The molecular formula is C19H26N4O3. The second-order valence-corrected chi connectivity index (χ2v) is 6.44. The maximum atomic E-state index is 13.3. The Morgan fingerprint density at radius 3 is 2.69 bits per heavy atom. The van der Waals surface area contributed by atoms with Crippen molar-refractivity contribution in [1.29, 1.82) is 0 Å². The molecule has 26 heavy (non-hydrogen) atoms. The number of carbonyl (C=O) groups is 1. The summed E-state index contributed by atoms with van der Waals surface area (Å²) in [5.41, 5.74) is 1.91. The van der Waals surface area contributed by atoms with Crippen molar-refractivity contribution in [2.45, 2.75) is 12.8 Å². The average Bonchev–Trinajstić information content (AvgIpc) is 3.30. The minimum atomic E-state index is -0.118. The van der Waals surface area contributed by atoms with Crippen LogP contribution < -0.4 is 19.7 Å². The van der Waals surface area contributed by atoms with E-state index >= 15 is 0 Å². The summed E-state index contributed by atoms with van der Waals surface area (Å²) in [6.07, 6.45) is 3.84. The van der Waals surface area contributed by atoms with E-state index in [0.29, 0.717) is 24.6 Å². The number of anilines is 1. The van der Waals surface area contributed by atoms with Crippen molar-refractivity contribution >= 4 is 11.6 Å². The van der Waals surface area contributed by atoms with Gasteiger partial charge < -0.3 is 19.7 Å². The molecule has 1 aromatic heterocycles. The van der Waals surface area contributed by atoms with Crippen LogP contribution in [-0.4, -0.2) is 49.5 Å². The van der Waals surface area contributed by atoms with Gasteiger partial charge in [-0.1, -0.05) is 0 Å². The molecule has 2 aromatic rings. The highest BCUT2D eigenvalue weighted by atomic mass is 16.5. The van der Waals surface area contributed by atoms with E-state index in [4.69, 9.17) is 9.47 Å². The van der Waals surface area contributed by atoms with Crippen molar-refractivity contribution in [1.82, 2.24) is 15.1 Å². The lowest BCUT2D eigenvalue weighted by atomic mass is 9.89. The number of aromatic nitrogens is 2. The minimum absolute atomic E-state index is 0.110. The molecule has 0 saturated carbocycles. The van der Waals surface area contributed by atoms with E-state index in [1.165, 1.54) is 0 Å². The first-order valence-corrected chi connectivity index (χ1v) is 8.81. The number of rotatable bonds is 6. The van der Waals surface area contributed by atoms with Crippen molar-refractivity contribution in [3.05, 3.63) is 36.2 Å². The number of nitrogens with one attached hydrogen (secondary N) is 1. The van der Waals surface area contributed by atoms with Gasteiger partial charge in [0, 0.05) is 50.6 Å². The molecule has 7 heteroatoms. The maximum absolute atomic E-state index is 13.3. The van der Waals surface area contributed by atoms with Crippen molar-refractivity contribution in [2.24, 2.45) is 13.0 Å². The predicted octanol–water partition coefficient (Wildman–Crippen LogP) is 1.79. The van der Waals surface area contributed by atoms with Gasteiger partial charge in [0.2, 0.25) is 5.91 Å². The number of methoxy groups -OCH3 is 2. The van der Waals surface area contributed by atoms with Crippen LogP contribution in [0.4, 0.5) is 5.69 Å². The fourth-order valence-electron chi connectivity index (χ4n) is 3.58. The Morgan fingerprint density at radius 2 is 2.08 bits per heavy atom. The summed E-state index contributed by atoms with van der Waals surface area (Å²) in [6, 6.07) is 5.57. The Kier molecular flexibility index (Phi) is 5.46. The average molecular weight is 358 g/mol. The molecule has 0 aliphatic carbocycles. The third-order valence-electron chi connectivity index (χ3n) is 4.95. The number of ether oxygens (including phenoxy) is 2. The molecule has 1 fully saturated rings. The van der Waals surface area contributed by atoms with E-state index in [0.717, 1.165) is 17.8 Å². The van der Waals surface area contributed by atoms with Crippen LogP contribution in [0, 0.1) is 5.92 Å². The highest BCUT2D eigenvalue weighted by molar-refractivity contribution is 5.96. The van der Waals surface area contributed by atoms with Gasteiger partial charge in [0.15, 0.2) is 11.5 Å². The number of aryl methyl sites for hydroxylation is 1. The Morgan fingerprint density at radius 1 is 1.31 bits per heavy atom. The molecule has 1 aromatic carbocycles. The number of benzene rings is 1. The molecule has 0 spiro atoms. The summed E-state index contributed by atoms with van der Waals surface area (Å²) >= 11 is 0. The summed E-state index contributed by atoms with van der Waals surface area (Å²) in [6.45, 7) is 4.02. The standard InChI is InChI=1S/C19H26N4O3/c1-5-23(14-6-7-17(25-3)18(8-14)26-4)19(24)16-11-20-10-15(16)13-9-21-22(2)12-13/h6-9,12,15-16,20H,5,10-11H2,1-4H3/t15-,16+/m1/s1. The van der Waals surface area contributed by atoms with Crippen LogP contribution in [0.2, 0.25) is 0 Å². The highest BCUT2D eigenvalue weighted by Crippen LogP contribution is 2.34. The summed E-state index contributed by atoms with van der Waals surface area (Å²) in [4.78, 5) is 15.1. The van der Waals surface area contributed by atoms with Crippen LogP contribution in [0.15, 0.2) is 30.6 Å². The van der Waals surface area contributed by atoms with Gasteiger partial charge in [-0.2, -0.15) is 5.10 Å². The SMILES string of the molecule is CCN(C(=O)[C@H]1CNC[C@@H]1c1cnn(C)c1)c1ccc(OC)c(OC)c1. The van der Waals surface area contributed by atoms with Crippen LogP contribution in [0.5, 0.6) is 11.5 Å². The zero-order valence-electron chi connectivity index (χ0n) is 15.7. The maximum Gasteiger partial charge on any atom is 0.232 e. The first kappa shape index (κ1) is 18.3. The first-order chi connectivity index (χ1) is 12.6. The van der Waals surface area contributed by atoms with Crippen LogP contribution in [0.3, 0.4) is 0 Å². The van der Waals surface area contributed by atoms with Gasteiger partial charge in [0.25, 0.3) is 0 Å². The molecule has 1 aliphatic heterocycles. The smallest absolute Gasteiger partial charge is 0.232 e. The van der Waals surface area contributed by atoms with Crippen molar-refractivity contribution < 1.29 is 14.3 Å². The van der Waals surface area contributed by atoms with Crippen LogP contribution in [0.1, 0.15) is 18.4 Å². The van der Waals surface area contributed by atoms with Gasteiger partial charge in [0.1, 0.15) is 0 Å². The van der Waals surface area contributed by atoms with E-state index in [-0.39, 0.29) is 17.7 Å². The molecule has 0 bridgehead atoms. The third kappa shape index (κ3) is 3.39. The fraction of sp³-hybridized carbons (Fsp3) is 0.474. The summed E-state index contributed by atoms with van der Waals surface area (Å²) in [7, 11) is 5.09. The minimum Gasteiger partial charge on any atom is -0.493 e. The van der Waals surface area contributed by atoms with E-state index in [2.05, 4.69) is 10.4 Å². The molecule has 2 atom stereocenters. The van der Waals surface area contributed by atoms with E-state index in [1.807, 2.05) is 49.5 Å². The number of carbonyl (C=O) groups excluding carboxylic acids is 1. The Hall–Kier alpha value is -2.54. The largest absolute Gasteiger partial charge is 0.493 e. The van der Waals surface area contributed by atoms with Crippen LogP contribution in [-0.2, 0) is 11.8 Å². The lowest BCUT2D eigenvalue weighted by Gasteiger charge is -2.27. The molecular weight excluding hydrogens is 332 g/mol. The molecule has 7 nitrogen and oxygen atoms in total. The molecule has 0 radical (unpaired) electrons. The highest BCUT2D eigenvalue weighted by Gasteiger charge is 2.37. The van der Waals surface area contributed by atoms with Crippen molar-refractivity contribution in [2.75, 3.05) is 38.8 Å². The van der Waals surface area contributed by atoms with E-state index in [9.17, 15) is 4.79 Å². The van der Waals surface area contributed by atoms with Gasteiger partial charge in [0.05, 0.1) is 26.3 Å². The third-order valence-corrected chi connectivity index (χ3v) is 4.95. The lowest BCUT2D eigenvalue weighted by Crippen LogP contribution is -2.38. The molecule has 2 heterocycles. The predicted molar refractivity (Wildman–Crippen MR) is 99.9 cm³/mol. The Labute approximate surface area is 153 Å². The Bertz CT molecular complexity index is 774. The van der Waals surface area contributed by atoms with Gasteiger partial charge >= 0.3 is 0 Å². The van der Waals surface area contributed by atoms with E-state index < -0.39 is 0 Å². The molecule has 1 N–H and O–H groups in total. The summed E-state index contributed by atoms with van der Waals surface area (Å²) in [5.74, 6) is 1.39. The monoisotopic (exact) mass is 358 g/mol. The second kappa shape index (κ2) is 7.78. The zero-order valence-corrected chi connectivity index (χ0v) is 15.7. The first-order valence-electron chi connectivity index (χ1n) is 8.81. The zero-order chi connectivity index (χ0) is 18.7. The molecule has 1 amide bonds. The van der Waals surface area contributed by atoms with Gasteiger partial charge in [-0.25, -0.2) is 0 Å². The normalized spacial score (nSPS) is 19.4. The number of hydrogen-bond acceptors (Lipinski definition) is 5.